The zero-order valence-electron chi connectivity index (χ0n) is 25.3. The van der Waals surface area contributed by atoms with E-state index in [1.165, 1.54) is 22.0 Å². The third-order valence-electron chi connectivity index (χ3n) is 8.17. The number of aromatic nitrogens is 2. The van der Waals surface area contributed by atoms with Crippen molar-refractivity contribution in [2.24, 2.45) is 0 Å². The topological polar surface area (TPSA) is 172 Å². The van der Waals surface area contributed by atoms with Crippen molar-refractivity contribution in [1.29, 1.82) is 0 Å². The molecule has 14 nitrogen and oxygen atoms in total. The number of nitrogens with one attached hydrogen (secondary N) is 2. The molecule has 0 aliphatic carbocycles. The summed E-state index contributed by atoms with van der Waals surface area (Å²) >= 11 is 0. The molecule has 0 spiro atoms. The number of phosphoric ester groups is 1. The van der Waals surface area contributed by atoms with Crippen LogP contribution in [-0.2, 0) is 33.7 Å². The van der Waals surface area contributed by atoms with Crippen LogP contribution in [0.15, 0.2) is 91.6 Å². The van der Waals surface area contributed by atoms with Crippen molar-refractivity contribution in [2.75, 3.05) is 19.6 Å². The van der Waals surface area contributed by atoms with Crippen LogP contribution in [-0.4, -0.2) is 89.5 Å². The standard InChI is InChI=1S/C32H34N7O7P/c1-2-15-37-21-29(40)38-27(16-22-11-13-26(14-12-22)46-47(43,44)45)31(41)36(19-25-10-6-9-24-18-34-35-30(24)25)20-28(38)39(37)32(42)33-17-23-7-4-3-5-8-23/h2-14,18,27-28H,1,15-17,19-21H2,(H,33,42)(H,34,35)(H2,43,44,45)/t27-,28-/m0/s1. The smallest absolute Gasteiger partial charge is 0.404 e. The van der Waals surface area contributed by atoms with Gasteiger partial charge in [0.2, 0.25) is 11.8 Å². The minimum Gasteiger partial charge on any atom is -0.404 e. The van der Waals surface area contributed by atoms with Crippen LogP contribution in [0.3, 0.4) is 0 Å². The van der Waals surface area contributed by atoms with Crippen LogP contribution in [0.25, 0.3) is 10.9 Å². The molecule has 0 saturated carbocycles. The highest BCUT2D eigenvalue weighted by Gasteiger charge is 2.51. The Labute approximate surface area is 270 Å². The number of hydrazine groups is 1. The average Bonchev–Trinajstić information content (AvgIpc) is 3.53. The molecule has 47 heavy (non-hydrogen) atoms. The fourth-order valence-electron chi connectivity index (χ4n) is 6.11. The molecular formula is C32H34N7O7P. The number of nitrogens with zero attached hydrogens (tertiary/aromatic N) is 5. The second-order valence-electron chi connectivity index (χ2n) is 11.3. The van der Waals surface area contributed by atoms with E-state index in [4.69, 9.17) is 0 Å². The molecule has 2 saturated heterocycles. The monoisotopic (exact) mass is 659 g/mol. The number of benzene rings is 3. The summed E-state index contributed by atoms with van der Waals surface area (Å²) in [6.45, 7) is 4.40. The number of rotatable bonds is 10. The van der Waals surface area contributed by atoms with Crippen LogP contribution < -0.4 is 9.84 Å². The van der Waals surface area contributed by atoms with Crippen molar-refractivity contribution in [3.63, 3.8) is 0 Å². The van der Waals surface area contributed by atoms with Crippen molar-refractivity contribution in [3.8, 4) is 5.75 Å². The highest BCUT2D eigenvalue weighted by molar-refractivity contribution is 7.46. The van der Waals surface area contributed by atoms with Gasteiger partial charge in [0.05, 0.1) is 24.8 Å². The molecule has 2 atom stereocenters. The van der Waals surface area contributed by atoms with Gasteiger partial charge in [0, 0.05) is 31.4 Å². The van der Waals surface area contributed by atoms with E-state index >= 15 is 0 Å². The first kappa shape index (κ1) is 32.0. The highest BCUT2D eigenvalue weighted by atomic mass is 31.2. The summed E-state index contributed by atoms with van der Waals surface area (Å²) in [7, 11) is -4.76. The lowest BCUT2D eigenvalue weighted by atomic mass is 9.98. The molecule has 0 radical (unpaired) electrons. The predicted molar refractivity (Wildman–Crippen MR) is 171 cm³/mol. The van der Waals surface area contributed by atoms with Crippen LogP contribution in [0.2, 0.25) is 0 Å². The van der Waals surface area contributed by atoms with Crippen molar-refractivity contribution in [3.05, 3.63) is 108 Å². The minimum absolute atomic E-state index is 0.0420. The fraction of sp³-hybridized carbons (Fsp3) is 0.250. The molecule has 0 unspecified atom stereocenters. The van der Waals surface area contributed by atoms with Crippen LogP contribution in [0.4, 0.5) is 4.79 Å². The van der Waals surface area contributed by atoms with Crippen molar-refractivity contribution < 1.29 is 33.3 Å². The number of carbonyl (C=O) groups is 3. The van der Waals surface area contributed by atoms with E-state index in [0.717, 1.165) is 22.0 Å². The highest BCUT2D eigenvalue weighted by Crippen LogP contribution is 2.37. The van der Waals surface area contributed by atoms with Crippen LogP contribution in [0.5, 0.6) is 5.75 Å². The molecule has 3 heterocycles. The Morgan fingerprint density at radius 3 is 2.55 bits per heavy atom. The Balaban J connectivity index is 1.35. The number of hydrogen-bond donors (Lipinski definition) is 4. The zero-order valence-corrected chi connectivity index (χ0v) is 26.2. The molecular weight excluding hydrogens is 625 g/mol. The third-order valence-corrected chi connectivity index (χ3v) is 8.61. The number of carbonyl (C=O) groups excluding carboxylic acids is 3. The van der Waals surface area contributed by atoms with Gasteiger partial charge in [0.15, 0.2) is 0 Å². The first-order valence-electron chi connectivity index (χ1n) is 14.9. The lowest BCUT2D eigenvalue weighted by Crippen LogP contribution is -2.76. The number of urea groups is 1. The van der Waals surface area contributed by atoms with Crippen molar-refractivity contribution in [2.45, 2.75) is 31.7 Å². The SMILES string of the molecule is C=CCN1CC(=O)N2[C@@H](Cc3ccc(OP(=O)(O)O)cc3)C(=O)N(Cc3cccc4cn[nH]c34)C[C@@H]2N1C(=O)NCc1ccccc1. The zero-order chi connectivity index (χ0) is 33.1. The van der Waals surface area contributed by atoms with E-state index in [9.17, 15) is 28.7 Å². The minimum atomic E-state index is -4.76. The first-order chi connectivity index (χ1) is 22.6. The Hall–Kier alpha value is -5.01. The summed E-state index contributed by atoms with van der Waals surface area (Å²) in [6, 6.07) is 19.7. The molecule has 4 amide bonds. The van der Waals surface area contributed by atoms with E-state index in [1.54, 1.807) is 34.3 Å². The number of para-hydroxylation sites is 1. The number of fused-ring (bicyclic) bond motifs is 2. The van der Waals surface area contributed by atoms with Gasteiger partial charge in [0.1, 0.15) is 18.0 Å². The maximum atomic E-state index is 14.3. The van der Waals surface area contributed by atoms with Crippen molar-refractivity contribution in [1.82, 2.24) is 35.3 Å². The second kappa shape index (κ2) is 13.4. The summed E-state index contributed by atoms with van der Waals surface area (Å²) < 4.78 is 16.0. The predicted octanol–water partition coefficient (Wildman–Crippen LogP) is 2.77. The Morgan fingerprint density at radius 1 is 1.06 bits per heavy atom. The normalized spacial score (nSPS) is 18.7. The lowest BCUT2D eigenvalue weighted by molar-refractivity contribution is -0.189. The number of amides is 4. The molecule has 0 bridgehead atoms. The molecule has 2 fully saturated rings. The van der Waals surface area contributed by atoms with E-state index in [0.29, 0.717) is 5.56 Å². The summed E-state index contributed by atoms with van der Waals surface area (Å²) in [4.78, 5) is 63.5. The van der Waals surface area contributed by atoms with Crippen LogP contribution >= 0.6 is 7.82 Å². The molecule has 1 aromatic heterocycles. The fourth-order valence-corrected chi connectivity index (χ4v) is 6.51. The number of aromatic amines is 1. The third kappa shape index (κ3) is 7.05. The largest absolute Gasteiger partial charge is 0.524 e. The molecule has 2 aliphatic rings. The number of phosphoric acid groups is 1. The van der Waals surface area contributed by atoms with Gasteiger partial charge in [-0.3, -0.25) is 24.5 Å². The number of hydrogen-bond acceptors (Lipinski definition) is 7. The van der Waals surface area contributed by atoms with Gasteiger partial charge in [0.25, 0.3) is 0 Å². The summed E-state index contributed by atoms with van der Waals surface area (Å²) in [5.74, 6) is -0.665. The van der Waals surface area contributed by atoms with E-state index < -0.39 is 26.1 Å². The van der Waals surface area contributed by atoms with Crippen LogP contribution in [0.1, 0.15) is 16.7 Å². The van der Waals surface area contributed by atoms with Gasteiger partial charge >= 0.3 is 13.9 Å². The Kier molecular flexibility index (Phi) is 9.10. The average molecular weight is 660 g/mol. The summed E-state index contributed by atoms with van der Waals surface area (Å²) in [6.07, 6.45) is 2.56. The number of piperazine rings is 1. The summed E-state index contributed by atoms with van der Waals surface area (Å²) in [5.41, 5.74) is 3.13. The van der Waals surface area contributed by atoms with E-state index in [1.807, 2.05) is 48.5 Å². The van der Waals surface area contributed by atoms with Gasteiger partial charge in [-0.05, 0) is 28.8 Å². The first-order valence-corrected chi connectivity index (χ1v) is 16.5. The molecule has 15 heteroatoms. The van der Waals surface area contributed by atoms with E-state index in [-0.39, 0.29) is 56.7 Å². The lowest BCUT2D eigenvalue weighted by Gasteiger charge is -2.55. The molecule has 4 aromatic rings. The maximum absolute atomic E-state index is 14.3. The van der Waals surface area contributed by atoms with Gasteiger partial charge < -0.3 is 19.6 Å². The molecule has 6 rings (SSSR count). The number of H-pyrrole nitrogens is 1. The Morgan fingerprint density at radius 2 is 1.83 bits per heavy atom. The molecule has 4 N–H and O–H groups in total. The van der Waals surface area contributed by atoms with Gasteiger partial charge in [-0.2, -0.15) is 5.10 Å². The van der Waals surface area contributed by atoms with Gasteiger partial charge in [-0.1, -0.05) is 66.7 Å². The quantitative estimate of drug-likeness (QED) is 0.148. The van der Waals surface area contributed by atoms with Gasteiger partial charge in [-0.15, -0.1) is 6.58 Å². The molecule has 3 aromatic carbocycles. The molecule has 2 aliphatic heterocycles. The maximum Gasteiger partial charge on any atom is 0.524 e. The Bertz CT molecular complexity index is 1830. The van der Waals surface area contributed by atoms with Gasteiger partial charge in [-0.25, -0.2) is 19.4 Å². The molecule has 244 valence electrons. The summed E-state index contributed by atoms with van der Waals surface area (Å²) in [5, 5.41) is 14.1. The van der Waals surface area contributed by atoms with Crippen molar-refractivity contribution >= 4 is 36.6 Å². The second-order valence-corrected chi connectivity index (χ2v) is 12.5. The van der Waals surface area contributed by atoms with Crippen LogP contribution in [0, 0.1) is 0 Å². The van der Waals surface area contributed by atoms with E-state index in [2.05, 4.69) is 26.6 Å².